The van der Waals surface area contributed by atoms with Gasteiger partial charge in [-0.25, -0.2) is 0 Å². The number of ether oxygens (including phenoxy) is 1. The lowest BCUT2D eigenvalue weighted by Gasteiger charge is -2.17. The second-order valence-electron chi connectivity index (χ2n) is 6.92. The Balaban J connectivity index is 2.29. The highest BCUT2D eigenvalue weighted by molar-refractivity contribution is 5.66. The fraction of sp³-hybridized carbons (Fsp3) is 0.591. The van der Waals surface area contributed by atoms with E-state index in [-0.39, 0.29) is 19.3 Å². The largest absolute Gasteiger partial charge is 0.481 e. The van der Waals surface area contributed by atoms with Crippen LogP contribution in [0.4, 0.5) is 0 Å². The third-order valence-electron chi connectivity index (χ3n) is 4.45. The van der Waals surface area contributed by atoms with Gasteiger partial charge in [-0.2, -0.15) is 0 Å². The maximum Gasteiger partial charge on any atom is 0.303 e. The summed E-state index contributed by atoms with van der Waals surface area (Å²) in [6.07, 6.45) is 15.4. The monoisotopic (exact) mass is 394 g/mol. The maximum absolute atomic E-state index is 10.6. The first-order valence-electron chi connectivity index (χ1n) is 9.98. The number of carboxylic acid groups (broad SMARTS) is 1. The summed E-state index contributed by atoms with van der Waals surface area (Å²) in [5.41, 5.74) is 0. The molecule has 0 aromatic carbocycles. The Labute approximate surface area is 167 Å². The van der Waals surface area contributed by atoms with Crippen LogP contribution in [0.1, 0.15) is 51.9 Å². The Morgan fingerprint density at radius 3 is 2.39 bits per heavy atom. The third kappa shape index (κ3) is 10.6. The lowest BCUT2D eigenvalue weighted by Crippen LogP contribution is -2.26. The Hall–Kier alpha value is -1.73. The quantitative estimate of drug-likeness (QED) is 0.358. The maximum atomic E-state index is 10.6. The second kappa shape index (κ2) is 14.3. The van der Waals surface area contributed by atoms with E-state index in [0.29, 0.717) is 6.42 Å². The van der Waals surface area contributed by atoms with Crippen LogP contribution in [-0.4, -0.2) is 56.9 Å². The SMILES string of the molecule is CC/C=C\C/C=C\C/C=C\C[C@H](O)/C=C/[C@H]1O[C@H]([C@H](O)CCC(=O)O)C[C@H]1O. The smallest absolute Gasteiger partial charge is 0.303 e. The zero-order valence-electron chi connectivity index (χ0n) is 16.6. The topological polar surface area (TPSA) is 107 Å². The van der Waals surface area contributed by atoms with E-state index < -0.39 is 36.5 Å². The molecule has 1 fully saturated rings. The minimum absolute atomic E-state index is 0.0832. The van der Waals surface area contributed by atoms with Crippen LogP contribution in [0, 0.1) is 0 Å². The molecule has 0 aromatic heterocycles. The van der Waals surface area contributed by atoms with Gasteiger partial charge in [-0.05, 0) is 32.1 Å². The first kappa shape index (κ1) is 24.3. The highest BCUT2D eigenvalue weighted by atomic mass is 16.5. The van der Waals surface area contributed by atoms with Crippen molar-refractivity contribution >= 4 is 5.97 Å². The van der Waals surface area contributed by atoms with Crippen LogP contribution in [0.25, 0.3) is 0 Å². The average molecular weight is 395 g/mol. The zero-order valence-corrected chi connectivity index (χ0v) is 16.6. The van der Waals surface area contributed by atoms with Crippen molar-refractivity contribution in [2.45, 2.75) is 82.4 Å². The van der Waals surface area contributed by atoms with Gasteiger partial charge in [0.1, 0.15) is 6.10 Å². The van der Waals surface area contributed by atoms with E-state index in [0.717, 1.165) is 19.3 Å². The number of carbonyl (C=O) groups is 1. The Morgan fingerprint density at radius 2 is 1.75 bits per heavy atom. The number of rotatable bonds is 13. The van der Waals surface area contributed by atoms with Gasteiger partial charge in [0, 0.05) is 12.8 Å². The van der Waals surface area contributed by atoms with E-state index >= 15 is 0 Å². The van der Waals surface area contributed by atoms with Crippen molar-refractivity contribution in [3.63, 3.8) is 0 Å². The van der Waals surface area contributed by atoms with Gasteiger partial charge >= 0.3 is 5.97 Å². The molecule has 0 aromatic rings. The van der Waals surface area contributed by atoms with Crippen molar-refractivity contribution in [2.75, 3.05) is 0 Å². The molecule has 0 spiro atoms. The molecule has 0 aliphatic carbocycles. The van der Waals surface area contributed by atoms with Crippen molar-refractivity contribution in [1.29, 1.82) is 0 Å². The zero-order chi connectivity index (χ0) is 20.8. The van der Waals surface area contributed by atoms with Crippen LogP contribution in [0.3, 0.4) is 0 Å². The molecule has 5 atom stereocenters. The van der Waals surface area contributed by atoms with Gasteiger partial charge in [0.2, 0.25) is 0 Å². The van der Waals surface area contributed by atoms with Crippen LogP contribution in [-0.2, 0) is 9.53 Å². The number of aliphatic hydroxyl groups is 3. The molecule has 6 nitrogen and oxygen atoms in total. The van der Waals surface area contributed by atoms with E-state index in [2.05, 4.69) is 31.2 Å². The van der Waals surface area contributed by atoms with Crippen molar-refractivity contribution in [3.05, 3.63) is 48.6 Å². The Bertz CT molecular complexity index is 551. The number of hydrogen-bond acceptors (Lipinski definition) is 5. The fourth-order valence-electron chi connectivity index (χ4n) is 2.86. The van der Waals surface area contributed by atoms with Gasteiger partial charge in [0.05, 0.1) is 24.4 Å². The molecule has 6 heteroatoms. The third-order valence-corrected chi connectivity index (χ3v) is 4.45. The minimum atomic E-state index is -0.978. The number of hydrogen-bond donors (Lipinski definition) is 4. The molecule has 0 saturated carbocycles. The van der Waals surface area contributed by atoms with Crippen LogP contribution in [0.2, 0.25) is 0 Å². The predicted octanol–water partition coefficient (Wildman–Crippen LogP) is 2.90. The van der Waals surface area contributed by atoms with Gasteiger partial charge in [-0.1, -0.05) is 55.5 Å². The van der Waals surface area contributed by atoms with Crippen LogP contribution in [0.5, 0.6) is 0 Å². The summed E-state index contributed by atoms with van der Waals surface area (Å²) >= 11 is 0. The molecule has 28 heavy (non-hydrogen) atoms. The van der Waals surface area contributed by atoms with Crippen molar-refractivity contribution in [2.24, 2.45) is 0 Å². The highest BCUT2D eigenvalue weighted by Gasteiger charge is 2.36. The summed E-state index contributed by atoms with van der Waals surface area (Å²) in [5.74, 6) is -0.978. The van der Waals surface area contributed by atoms with Gasteiger partial charge in [0.25, 0.3) is 0 Å². The molecule has 0 radical (unpaired) electrons. The van der Waals surface area contributed by atoms with Crippen molar-refractivity contribution < 1.29 is 30.0 Å². The minimum Gasteiger partial charge on any atom is -0.481 e. The molecule has 1 aliphatic rings. The fourth-order valence-corrected chi connectivity index (χ4v) is 2.86. The molecule has 4 N–H and O–H groups in total. The van der Waals surface area contributed by atoms with Crippen LogP contribution >= 0.6 is 0 Å². The summed E-state index contributed by atoms with van der Waals surface area (Å²) in [5, 5.41) is 38.7. The number of carboxylic acids is 1. The van der Waals surface area contributed by atoms with E-state index in [1.54, 1.807) is 12.2 Å². The number of allylic oxidation sites excluding steroid dienone is 5. The van der Waals surface area contributed by atoms with E-state index in [1.807, 2.05) is 12.2 Å². The lowest BCUT2D eigenvalue weighted by molar-refractivity contribution is -0.138. The van der Waals surface area contributed by atoms with Gasteiger partial charge in [0.15, 0.2) is 0 Å². The molecule has 1 heterocycles. The molecule has 1 aliphatic heterocycles. The van der Waals surface area contributed by atoms with E-state index in [4.69, 9.17) is 9.84 Å². The van der Waals surface area contributed by atoms with Crippen LogP contribution in [0.15, 0.2) is 48.6 Å². The summed E-state index contributed by atoms with van der Waals surface area (Å²) in [6, 6.07) is 0. The lowest BCUT2D eigenvalue weighted by atomic mass is 10.0. The van der Waals surface area contributed by atoms with Crippen LogP contribution < -0.4 is 0 Å². The molecule has 0 amide bonds. The molecule has 1 rings (SSSR count). The average Bonchev–Trinajstić information content (AvgIpc) is 3.04. The normalized spacial score (nSPS) is 25.5. The molecule has 1 saturated heterocycles. The number of aliphatic hydroxyl groups excluding tert-OH is 3. The Kier molecular flexibility index (Phi) is 12.4. The molecule has 0 unspecified atom stereocenters. The van der Waals surface area contributed by atoms with E-state index in [1.165, 1.54) is 0 Å². The van der Waals surface area contributed by atoms with Crippen molar-refractivity contribution in [1.82, 2.24) is 0 Å². The Morgan fingerprint density at radius 1 is 1.11 bits per heavy atom. The first-order valence-corrected chi connectivity index (χ1v) is 9.98. The summed E-state index contributed by atoms with van der Waals surface area (Å²) in [7, 11) is 0. The van der Waals surface area contributed by atoms with Crippen molar-refractivity contribution in [3.8, 4) is 0 Å². The van der Waals surface area contributed by atoms with Gasteiger partial charge < -0.3 is 25.2 Å². The predicted molar refractivity (Wildman–Crippen MR) is 109 cm³/mol. The molecular formula is C22H34O6. The standard InChI is InChI=1S/C22H34O6/c1-2-3-4-5-6-7-8-9-10-11-17(23)12-14-20-19(25)16-21(28-20)18(24)13-15-22(26)27/h3-4,6-7,9-10,12,14,17-21,23-25H,2,5,8,11,13,15-16H2,1H3,(H,26,27)/b4-3-,7-6-,10-9-,14-12+/t17-,18+,19+,20+,21-/m0/s1. The van der Waals surface area contributed by atoms with E-state index in [9.17, 15) is 20.1 Å². The van der Waals surface area contributed by atoms with Gasteiger partial charge in [-0.3, -0.25) is 4.79 Å². The molecule has 158 valence electrons. The summed E-state index contributed by atoms with van der Waals surface area (Å²) in [6.45, 7) is 2.10. The summed E-state index contributed by atoms with van der Waals surface area (Å²) < 4.78 is 5.59. The highest BCUT2D eigenvalue weighted by Crippen LogP contribution is 2.25. The molecule has 0 bridgehead atoms. The second-order valence-corrected chi connectivity index (χ2v) is 6.92. The number of aliphatic carboxylic acids is 1. The summed E-state index contributed by atoms with van der Waals surface area (Å²) in [4.78, 5) is 10.6. The molecular weight excluding hydrogens is 360 g/mol. The van der Waals surface area contributed by atoms with Gasteiger partial charge in [-0.15, -0.1) is 0 Å². The first-order chi connectivity index (χ1) is 13.4.